The summed E-state index contributed by atoms with van der Waals surface area (Å²) in [6.45, 7) is 2.12. The largest absolute Gasteiger partial charge is 0.307 e. The second-order valence-corrected chi connectivity index (χ2v) is 4.27. The SMILES string of the molecule is Cc1nn(C)c2c1C1CCC(C2)N1. The highest BCUT2D eigenvalue weighted by atomic mass is 15.3. The minimum absolute atomic E-state index is 0.599. The van der Waals surface area contributed by atoms with Gasteiger partial charge in [0.25, 0.3) is 0 Å². The summed E-state index contributed by atoms with van der Waals surface area (Å²) in [6.07, 6.45) is 3.80. The molecule has 3 heterocycles. The Morgan fingerprint density at radius 1 is 1.46 bits per heavy atom. The van der Waals surface area contributed by atoms with E-state index in [0.717, 1.165) is 0 Å². The molecule has 3 nitrogen and oxygen atoms in total. The second-order valence-electron chi connectivity index (χ2n) is 4.27. The van der Waals surface area contributed by atoms with E-state index in [2.05, 4.69) is 29.1 Å². The molecule has 70 valence electrons. The number of hydrogen-bond donors (Lipinski definition) is 1. The van der Waals surface area contributed by atoms with E-state index in [0.29, 0.717) is 12.1 Å². The zero-order chi connectivity index (χ0) is 9.00. The number of rotatable bonds is 0. The molecule has 3 heteroatoms. The molecule has 0 spiro atoms. The molecule has 1 fully saturated rings. The molecule has 1 N–H and O–H groups in total. The van der Waals surface area contributed by atoms with Crippen LogP contribution in [0.1, 0.15) is 35.8 Å². The van der Waals surface area contributed by atoms with Crippen LogP contribution in [0.5, 0.6) is 0 Å². The van der Waals surface area contributed by atoms with Crippen molar-refractivity contribution < 1.29 is 0 Å². The van der Waals surface area contributed by atoms with Crippen molar-refractivity contribution in [3.63, 3.8) is 0 Å². The molecule has 13 heavy (non-hydrogen) atoms. The minimum Gasteiger partial charge on any atom is -0.307 e. The number of fused-ring (bicyclic) bond motifs is 4. The fraction of sp³-hybridized carbons (Fsp3) is 0.700. The van der Waals surface area contributed by atoms with Crippen LogP contribution in [0.4, 0.5) is 0 Å². The summed E-state index contributed by atoms with van der Waals surface area (Å²) in [6, 6.07) is 1.31. The first-order chi connectivity index (χ1) is 6.25. The lowest BCUT2D eigenvalue weighted by atomic mass is 10.0. The van der Waals surface area contributed by atoms with Crippen LogP contribution in [-0.4, -0.2) is 15.8 Å². The lowest BCUT2D eigenvalue weighted by molar-refractivity contribution is 0.497. The number of aryl methyl sites for hydroxylation is 2. The summed E-state index contributed by atoms with van der Waals surface area (Å²) in [5.74, 6) is 0. The molecule has 1 aromatic heterocycles. The fourth-order valence-corrected chi connectivity index (χ4v) is 2.86. The smallest absolute Gasteiger partial charge is 0.0644 e. The van der Waals surface area contributed by atoms with Gasteiger partial charge in [-0.1, -0.05) is 0 Å². The summed E-state index contributed by atoms with van der Waals surface area (Å²) < 4.78 is 2.07. The van der Waals surface area contributed by atoms with Gasteiger partial charge in [0, 0.05) is 36.8 Å². The number of nitrogens with zero attached hydrogens (tertiary/aromatic N) is 2. The minimum atomic E-state index is 0.599. The van der Waals surface area contributed by atoms with Gasteiger partial charge in [-0.3, -0.25) is 4.68 Å². The van der Waals surface area contributed by atoms with Crippen LogP contribution >= 0.6 is 0 Å². The molecule has 2 aliphatic rings. The van der Waals surface area contributed by atoms with Crippen LogP contribution < -0.4 is 5.32 Å². The van der Waals surface area contributed by atoms with Gasteiger partial charge < -0.3 is 5.32 Å². The molecule has 2 aliphatic heterocycles. The van der Waals surface area contributed by atoms with E-state index in [1.54, 1.807) is 0 Å². The summed E-state index contributed by atoms with van der Waals surface area (Å²) in [5.41, 5.74) is 4.16. The molecule has 3 rings (SSSR count). The van der Waals surface area contributed by atoms with Crippen molar-refractivity contribution in [2.24, 2.45) is 7.05 Å². The first-order valence-electron chi connectivity index (χ1n) is 5.04. The van der Waals surface area contributed by atoms with Crippen molar-refractivity contribution in [3.05, 3.63) is 17.0 Å². The van der Waals surface area contributed by atoms with E-state index in [-0.39, 0.29) is 0 Å². The highest BCUT2D eigenvalue weighted by Gasteiger charge is 2.35. The summed E-state index contributed by atoms with van der Waals surface area (Å²) in [7, 11) is 2.07. The van der Waals surface area contributed by atoms with Gasteiger partial charge in [-0.15, -0.1) is 0 Å². The second kappa shape index (κ2) is 2.35. The van der Waals surface area contributed by atoms with Gasteiger partial charge in [0.05, 0.1) is 5.69 Å². The third-order valence-electron chi connectivity index (χ3n) is 3.42. The van der Waals surface area contributed by atoms with E-state index in [9.17, 15) is 0 Å². The number of nitrogens with one attached hydrogen (secondary N) is 1. The molecule has 2 atom stereocenters. The topological polar surface area (TPSA) is 29.9 Å². The summed E-state index contributed by atoms with van der Waals surface area (Å²) >= 11 is 0. The van der Waals surface area contributed by atoms with Gasteiger partial charge in [0.15, 0.2) is 0 Å². The average Bonchev–Trinajstić information content (AvgIpc) is 2.58. The van der Waals surface area contributed by atoms with Gasteiger partial charge in [-0.05, 0) is 19.8 Å². The van der Waals surface area contributed by atoms with Crippen LogP contribution in [0.15, 0.2) is 0 Å². The lowest BCUT2D eigenvalue weighted by Crippen LogP contribution is -2.32. The Kier molecular flexibility index (Phi) is 1.37. The van der Waals surface area contributed by atoms with Crippen molar-refractivity contribution in [1.29, 1.82) is 0 Å². The maximum absolute atomic E-state index is 4.49. The molecular formula is C10H15N3. The summed E-state index contributed by atoms with van der Waals surface area (Å²) in [4.78, 5) is 0. The van der Waals surface area contributed by atoms with E-state index < -0.39 is 0 Å². The molecular weight excluding hydrogens is 162 g/mol. The van der Waals surface area contributed by atoms with Crippen molar-refractivity contribution in [3.8, 4) is 0 Å². The zero-order valence-electron chi connectivity index (χ0n) is 8.17. The van der Waals surface area contributed by atoms with Crippen LogP contribution in [0.3, 0.4) is 0 Å². The van der Waals surface area contributed by atoms with E-state index in [4.69, 9.17) is 0 Å². The third kappa shape index (κ3) is 0.908. The first-order valence-corrected chi connectivity index (χ1v) is 5.04. The molecule has 1 saturated heterocycles. The van der Waals surface area contributed by atoms with Gasteiger partial charge in [0.1, 0.15) is 0 Å². The lowest BCUT2D eigenvalue weighted by Gasteiger charge is -2.22. The molecule has 1 aromatic rings. The molecule has 0 amide bonds. The molecule has 0 saturated carbocycles. The number of aromatic nitrogens is 2. The number of hydrogen-bond acceptors (Lipinski definition) is 2. The highest BCUT2D eigenvalue weighted by Crippen LogP contribution is 2.37. The Morgan fingerprint density at radius 3 is 3.15 bits per heavy atom. The van der Waals surface area contributed by atoms with Crippen LogP contribution in [0.25, 0.3) is 0 Å². The predicted octanol–water partition coefficient (Wildman–Crippen LogP) is 1.08. The Bertz CT molecular complexity index is 353. The van der Waals surface area contributed by atoms with Crippen LogP contribution in [-0.2, 0) is 13.5 Å². The molecule has 0 aliphatic carbocycles. The average molecular weight is 177 g/mol. The van der Waals surface area contributed by atoms with Crippen LogP contribution in [0, 0.1) is 6.92 Å². The first kappa shape index (κ1) is 7.56. The fourth-order valence-electron chi connectivity index (χ4n) is 2.86. The molecule has 2 unspecified atom stereocenters. The van der Waals surface area contributed by atoms with Crippen molar-refractivity contribution in [2.45, 2.75) is 38.3 Å². The van der Waals surface area contributed by atoms with Crippen molar-refractivity contribution >= 4 is 0 Å². The Hall–Kier alpha value is -0.830. The van der Waals surface area contributed by atoms with Crippen molar-refractivity contribution in [1.82, 2.24) is 15.1 Å². The monoisotopic (exact) mass is 177 g/mol. The quantitative estimate of drug-likeness (QED) is 0.642. The van der Waals surface area contributed by atoms with Gasteiger partial charge >= 0.3 is 0 Å². The third-order valence-corrected chi connectivity index (χ3v) is 3.42. The predicted molar refractivity (Wildman–Crippen MR) is 50.5 cm³/mol. The normalized spacial score (nSPS) is 30.6. The van der Waals surface area contributed by atoms with E-state index in [1.807, 2.05) is 0 Å². The van der Waals surface area contributed by atoms with E-state index >= 15 is 0 Å². The molecule has 0 radical (unpaired) electrons. The van der Waals surface area contributed by atoms with Crippen LogP contribution in [0.2, 0.25) is 0 Å². The molecule has 0 aromatic carbocycles. The summed E-state index contributed by atoms with van der Waals surface area (Å²) in [5, 5.41) is 8.14. The maximum Gasteiger partial charge on any atom is 0.0644 e. The van der Waals surface area contributed by atoms with E-state index in [1.165, 1.54) is 36.2 Å². The Morgan fingerprint density at radius 2 is 2.31 bits per heavy atom. The van der Waals surface area contributed by atoms with Crippen molar-refractivity contribution in [2.75, 3.05) is 0 Å². The molecule has 2 bridgehead atoms. The zero-order valence-corrected chi connectivity index (χ0v) is 8.17. The standard InChI is InChI=1S/C10H15N3/c1-6-10-8-4-3-7(11-8)5-9(10)13(2)12-6/h7-8,11H,3-5H2,1-2H3. The van der Waals surface area contributed by atoms with Gasteiger partial charge in [-0.2, -0.15) is 5.10 Å². The highest BCUT2D eigenvalue weighted by molar-refractivity contribution is 5.34. The van der Waals surface area contributed by atoms with Gasteiger partial charge in [0.2, 0.25) is 0 Å². The maximum atomic E-state index is 4.49. The Labute approximate surface area is 78.1 Å². The van der Waals surface area contributed by atoms with Gasteiger partial charge in [-0.25, -0.2) is 0 Å². The Balaban J connectivity index is 2.18.